The summed E-state index contributed by atoms with van der Waals surface area (Å²) in [5.41, 5.74) is 1.25. The minimum Gasteiger partial charge on any atom is -0.349 e. The number of rotatable bonds is 5. The Morgan fingerprint density at radius 2 is 1.95 bits per heavy atom. The van der Waals surface area contributed by atoms with E-state index in [9.17, 15) is 13.2 Å². The van der Waals surface area contributed by atoms with E-state index in [0.717, 1.165) is 5.56 Å². The summed E-state index contributed by atoms with van der Waals surface area (Å²) in [6.45, 7) is 0. The second-order valence-electron chi connectivity index (χ2n) is 4.70. The number of nitrogens with zero attached hydrogens (tertiary/aromatic N) is 2. The van der Waals surface area contributed by atoms with Crippen LogP contribution < -0.4 is 4.72 Å². The molecule has 1 aromatic carbocycles. The van der Waals surface area contributed by atoms with Crippen LogP contribution in [0.3, 0.4) is 0 Å². The summed E-state index contributed by atoms with van der Waals surface area (Å²) < 4.78 is 26.4. The smallest absolute Gasteiger partial charge is 0.265 e. The molecule has 1 amide bonds. The molecule has 0 radical (unpaired) electrons. The molecule has 8 heteroatoms. The fourth-order valence-electron chi connectivity index (χ4n) is 1.62. The molecular formula is C13H16N4O3S. The van der Waals surface area contributed by atoms with Gasteiger partial charge in [-0.25, -0.2) is 8.42 Å². The van der Waals surface area contributed by atoms with Gasteiger partial charge >= 0.3 is 0 Å². The van der Waals surface area contributed by atoms with Crippen molar-refractivity contribution < 1.29 is 13.2 Å². The van der Waals surface area contributed by atoms with Crippen molar-refractivity contribution in [3.05, 3.63) is 42.2 Å². The number of hydrogen-bond acceptors (Lipinski definition) is 4. The second kappa shape index (κ2) is 5.96. The summed E-state index contributed by atoms with van der Waals surface area (Å²) in [6, 6.07) is 6.68. The number of nitrogens with one attached hydrogen (secondary N) is 2. The molecule has 2 rings (SSSR count). The predicted octanol–water partition coefficient (Wildman–Crippen LogP) is 0.841. The topological polar surface area (TPSA) is 95.2 Å². The van der Waals surface area contributed by atoms with Gasteiger partial charge in [0.15, 0.2) is 0 Å². The average Bonchev–Trinajstić information content (AvgIpc) is 2.95. The number of anilines is 1. The van der Waals surface area contributed by atoms with Crippen LogP contribution in [0.4, 0.5) is 5.69 Å². The molecule has 21 heavy (non-hydrogen) atoms. The zero-order chi connectivity index (χ0) is 15.5. The van der Waals surface area contributed by atoms with Crippen LogP contribution in [0, 0.1) is 0 Å². The fraction of sp³-hybridized carbons (Fsp3) is 0.231. The summed E-state index contributed by atoms with van der Waals surface area (Å²) in [5, 5.41) is 6.06. The number of benzene rings is 1. The maximum atomic E-state index is 12.0. The van der Waals surface area contributed by atoms with Crippen LogP contribution in [0.15, 0.2) is 41.6 Å². The van der Waals surface area contributed by atoms with Gasteiger partial charge in [0.25, 0.3) is 10.0 Å². The molecule has 2 aromatic rings. The molecule has 7 nitrogen and oxygen atoms in total. The first kappa shape index (κ1) is 15.0. The largest absolute Gasteiger partial charge is 0.349 e. The van der Waals surface area contributed by atoms with Gasteiger partial charge in [0, 0.05) is 26.0 Å². The number of H-pyrrole nitrogens is 1. The minimum absolute atomic E-state index is 0.0123. The van der Waals surface area contributed by atoms with Crippen LogP contribution in [-0.2, 0) is 21.2 Å². The van der Waals surface area contributed by atoms with E-state index < -0.39 is 10.0 Å². The third-order valence-corrected chi connectivity index (χ3v) is 4.19. The van der Waals surface area contributed by atoms with Crippen molar-refractivity contribution in [1.82, 2.24) is 15.1 Å². The van der Waals surface area contributed by atoms with E-state index in [2.05, 4.69) is 14.9 Å². The number of carbonyl (C=O) groups is 1. The molecule has 0 saturated heterocycles. The Balaban J connectivity index is 2.08. The van der Waals surface area contributed by atoms with Gasteiger partial charge in [-0.05, 0) is 17.7 Å². The van der Waals surface area contributed by atoms with E-state index in [-0.39, 0.29) is 17.2 Å². The third kappa shape index (κ3) is 3.82. The van der Waals surface area contributed by atoms with Crippen molar-refractivity contribution in [1.29, 1.82) is 0 Å². The summed E-state index contributed by atoms with van der Waals surface area (Å²) in [5.74, 6) is -0.0123. The van der Waals surface area contributed by atoms with Crippen LogP contribution in [0.2, 0.25) is 0 Å². The lowest BCUT2D eigenvalue weighted by Gasteiger charge is -2.11. The van der Waals surface area contributed by atoms with Gasteiger partial charge in [-0.2, -0.15) is 5.10 Å². The van der Waals surface area contributed by atoms with Gasteiger partial charge in [-0.15, -0.1) is 0 Å². The third-order valence-electron chi connectivity index (χ3n) is 2.84. The van der Waals surface area contributed by atoms with Crippen LogP contribution in [0.1, 0.15) is 5.56 Å². The lowest BCUT2D eigenvalue weighted by Crippen LogP contribution is -2.23. The van der Waals surface area contributed by atoms with E-state index in [1.807, 2.05) is 0 Å². The molecule has 0 aliphatic carbocycles. The fourth-order valence-corrected chi connectivity index (χ4v) is 2.59. The van der Waals surface area contributed by atoms with E-state index in [0.29, 0.717) is 5.69 Å². The SMILES string of the molecule is CN(C)C(=O)Cc1ccc(NS(=O)(=O)c2cn[nH]c2)cc1. The Kier molecular flexibility index (Phi) is 4.27. The zero-order valence-corrected chi connectivity index (χ0v) is 12.5. The maximum absolute atomic E-state index is 12.0. The number of hydrogen-bond donors (Lipinski definition) is 2. The average molecular weight is 308 g/mol. The molecule has 0 aliphatic heterocycles. The summed E-state index contributed by atoms with van der Waals surface area (Å²) in [6.07, 6.45) is 2.81. The van der Waals surface area contributed by atoms with E-state index in [4.69, 9.17) is 0 Å². The molecule has 0 unspecified atom stereocenters. The van der Waals surface area contributed by atoms with Crippen molar-refractivity contribution in [3.63, 3.8) is 0 Å². The highest BCUT2D eigenvalue weighted by atomic mass is 32.2. The van der Waals surface area contributed by atoms with Gasteiger partial charge in [0.2, 0.25) is 5.91 Å². The van der Waals surface area contributed by atoms with Gasteiger partial charge in [0.05, 0.1) is 12.6 Å². The predicted molar refractivity (Wildman–Crippen MR) is 78.2 cm³/mol. The normalized spacial score (nSPS) is 11.1. The highest BCUT2D eigenvalue weighted by molar-refractivity contribution is 7.92. The lowest BCUT2D eigenvalue weighted by molar-refractivity contribution is -0.127. The Labute approximate surface area is 123 Å². The quantitative estimate of drug-likeness (QED) is 0.855. The van der Waals surface area contributed by atoms with E-state index in [1.165, 1.54) is 17.3 Å². The molecule has 2 N–H and O–H groups in total. The summed E-state index contributed by atoms with van der Waals surface area (Å²) in [4.78, 5) is 13.2. The Morgan fingerprint density at radius 1 is 1.29 bits per heavy atom. The highest BCUT2D eigenvalue weighted by Crippen LogP contribution is 2.16. The summed E-state index contributed by atoms with van der Waals surface area (Å²) >= 11 is 0. The Bertz CT molecular complexity index is 706. The number of carbonyl (C=O) groups excluding carboxylic acids is 1. The first-order chi connectivity index (χ1) is 9.88. The van der Waals surface area contributed by atoms with Crippen molar-refractivity contribution >= 4 is 21.6 Å². The molecule has 1 heterocycles. The Hall–Kier alpha value is -2.35. The molecule has 112 valence electrons. The van der Waals surface area contributed by atoms with Crippen molar-refractivity contribution in [2.45, 2.75) is 11.3 Å². The molecule has 1 aromatic heterocycles. The number of likely N-dealkylation sites (N-methyl/N-ethyl adjacent to an activating group) is 1. The molecule has 0 bridgehead atoms. The highest BCUT2D eigenvalue weighted by Gasteiger charge is 2.15. The van der Waals surface area contributed by atoms with Crippen LogP contribution in [-0.4, -0.2) is 43.5 Å². The van der Waals surface area contributed by atoms with E-state index >= 15 is 0 Å². The monoisotopic (exact) mass is 308 g/mol. The second-order valence-corrected chi connectivity index (χ2v) is 6.38. The standard InChI is InChI=1S/C13H16N4O3S/c1-17(2)13(18)7-10-3-5-11(6-4-10)16-21(19,20)12-8-14-15-9-12/h3-6,8-9,16H,7H2,1-2H3,(H,14,15). The van der Waals surface area contributed by atoms with Gasteiger partial charge in [0.1, 0.15) is 4.90 Å². The lowest BCUT2D eigenvalue weighted by atomic mass is 10.1. The van der Waals surface area contributed by atoms with Crippen molar-refractivity contribution in [2.24, 2.45) is 0 Å². The molecule has 0 spiro atoms. The Morgan fingerprint density at radius 3 is 2.48 bits per heavy atom. The molecule has 0 atom stereocenters. The maximum Gasteiger partial charge on any atom is 0.265 e. The first-order valence-electron chi connectivity index (χ1n) is 6.19. The van der Waals surface area contributed by atoms with Gasteiger partial charge in [-0.3, -0.25) is 14.6 Å². The van der Waals surface area contributed by atoms with Crippen LogP contribution in [0.5, 0.6) is 0 Å². The first-order valence-corrected chi connectivity index (χ1v) is 7.67. The number of aromatic nitrogens is 2. The van der Waals surface area contributed by atoms with E-state index in [1.54, 1.807) is 38.4 Å². The molecule has 0 fully saturated rings. The zero-order valence-electron chi connectivity index (χ0n) is 11.7. The number of aromatic amines is 1. The number of sulfonamides is 1. The van der Waals surface area contributed by atoms with Gasteiger partial charge < -0.3 is 4.90 Å². The summed E-state index contributed by atoms with van der Waals surface area (Å²) in [7, 11) is -0.258. The minimum atomic E-state index is -3.64. The molecule has 0 aliphatic rings. The van der Waals surface area contributed by atoms with Crippen molar-refractivity contribution in [2.75, 3.05) is 18.8 Å². The molecular weight excluding hydrogens is 292 g/mol. The van der Waals surface area contributed by atoms with Crippen LogP contribution >= 0.6 is 0 Å². The van der Waals surface area contributed by atoms with Gasteiger partial charge in [-0.1, -0.05) is 12.1 Å². The van der Waals surface area contributed by atoms with Crippen LogP contribution in [0.25, 0.3) is 0 Å². The van der Waals surface area contributed by atoms with Crippen molar-refractivity contribution in [3.8, 4) is 0 Å². The molecule has 0 saturated carbocycles. The number of amides is 1.